The second kappa shape index (κ2) is 9.18. The Kier molecular flexibility index (Phi) is 6.94. The Morgan fingerprint density at radius 2 is 2.04 bits per heavy atom. The molecule has 1 aromatic carbocycles. The first-order chi connectivity index (χ1) is 12.1. The molecule has 3 N–H and O–H groups in total. The van der Waals surface area contributed by atoms with Crippen molar-refractivity contribution in [1.82, 2.24) is 5.32 Å². The Labute approximate surface area is 157 Å². The van der Waals surface area contributed by atoms with Gasteiger partial charge in [0.25, 0.3) is 0 Å². The number of thioether (sulfide) groups is 1. The monoisotopic (exact) mass is 362 g/mol. The molecule has 2 aliphatic rings. The van der Waals surface area contributed by atoms with Crippen LogP contribution in [0.4, 0.5) is 5.69 Å². The Hall–Kier alpha value is -0.870. The average molecular weight is 363 g/mol. The second-order valence-electron chi connectivity index (χ2n) is 8.04. The van der Waals surface area contributed by atoms with Crippen LogP contribution >= 0.6 is 11.8 Å². The molecule has 1 aromatic rings. The van der Waals surface area contributed by atoms with Gasteiger partial charge in [0.05, 0.1) is 5.69 Å². The molecule has 0 amide bonds. The summed E-state index contributed by atoms with van der Waals surface area (Å²) in [5, 5.41) is 16.9. The number of hydrogen-bond acceptors (Lipinski definition) is 4. The quantitative estimate of drug-likeness (QED) is 0.395. The predicted molar refractivity (Wildman–Crippen MR) is 108 cm³/mol. The van der Waals surface area contributed by atoms with Gasteiger partial charge in [0.1, 0.15) is 11.2 Å². The molecule has 2 atom stereocenters. The minimum atomic E-state index is 0.242. The second-order valence-corrected chi connectivity index (χ2v) is 9.19. The summed E-state index contributed by atoms with van der Waals surface area (Å²) in [4.78, 5) is 1.15. The molecule has 1 fully saturated rings. The summed E-state index contributed by atoms with van der Waals surface area (Å²) in [6.07, 6.45) is 12.3. The number of unbranched alkanes of at least 4 members (excludes halogenated alkanes) is 2. The molecule has 0 radical (unpaired) electrons. The maximum atomic E-state index is 9.61. The molecule has 1 heterocycles. The summed E-state index contributed by atoms with van der Waals surface area (Å²) in [7, 11) is 0. The van der Waals surface area contributed by atoms with Gasteiger partial charge in [-0.05, 0) is 62.1 Å². The van der Waals surface area contributed by atoms with Crippen LogP contribution in [-0.2, 0) is 0 Å². The van der Waals surface area contributed by atoms with E-state index in [2.05, 4.69) is 24.5 Å². The van der Waals surface area contributed by atoms with Gasteiger partial charge in [0.2, 0.25) is 0 Å². The van der Waals surface area contributed by atoms with Crippen molar-refractivity contribution < 1.29 is 5.11 Å². The van der Waals surface area contributed by atoms with Crippen LogP contribution in [0.3, 0.4) is 0 Å². The summed E-state index contributed by atoms with van der Waals surface area (Å²) in [6.45, 7) is 4.74. The third-order valence-corrected chi connectivity index (χ3v) is 6.85. The van der Waals surface area contributed by atoms with E-state index < -0.39 is 0 Å². The lowest BCUT2D eigenvalue weighted by atomic mass is 9.80. The molecule has 0 aromatic heterocycles. The summed E-state index contributed by atoms with van der Waals surface area (Å²) in [5.41, 5.74) is 1.38. The van der Waals surface area contributed by atoms with E-state index in [1.807, 2.05) is 12.1 Å². The highest BCUT2D eigenvalue weighted by molar-refractivity contribution is 8.00. The van der Waals surface area contributed by atoms with Crippen LogP contribution in [0.2, 0.25) is 0 Å². The third-order valence-electron chi connectivity index (χ3n) is 5.77. The molecule has 25 heavy (non-hydrogen) atoms. The number of fused-ring (bicyclic) bond motifs is 1. The van der Waals surface area contributed by atoms with Crippen LogP contribution in [0.25, 0.3) is 0 Å². The Morgan fingerprint density at radius 3 is 2.80 bits per heavy atom. The first-order valence-corrected chi connectivity index (χ1v) is 11.0. The van der Waals surface area contributed by atoms with Crippen molar-refractivity contribution in [3.05, 3.63) is 18.2 Å². The zero-order valence-corrected chi connectivity index (χ0v) is 16.6. The van der Waals surface area contributed by atoms with Crippen molar-refractivity contribution in [2.45, 2.75) is 88.1 Å². The van der Waals surface area contributed by atoms with E-state index >= 15 is 0 Å². The molecular weight excluding hydrogens is 328 g/mol. The van der Waals surface area contributed by atoms with E-state index in [1.165, 1.54) is 57.8 Å². The molecule has 0 spiro atoms. The minimum absolute atomic E-state index is 0.242. The SMILES string of the molecule is CCCCCC(C)CC1CCC(NC2Nc3ccc(O)cc3S2)CC1. The topological polar surface area (TPSA) is 44.3 Å². The van der Waals surface area contributed by atoms with Crippen molar-refractivity contribution in [2.24, 2.45) is 11.8 Å². The van der Waals surface area contributed by atoms with Crippen molar-refractivity contribution in [3.8, 4) is 5.75 Å². The number of anilines is 1. The minimum Gasteiger partial charge on any atom is -0.508 e. The van der Waals surface area contributed by atoms with E-state index in [0.717, 1.165) is 22.4 Å². The maximum Gasteiger partial charge on any atom is 0.130 e. The maximum absolute atomic E-state index is 9.61. The fraction of sp³-hybridized carbons (Fsp3) is 0.714. The van der Waals surface area contributed by atoms with Crippen LogP contribution in [0.1, 0.15) is 71.6 Å². The van der Waals surface area contributed by atoms with Gasteiger partial charge in [-0.2, -0.15) is 0 Å². The highest BCUT2D eigenvalue weighted by Crippen LogP contribution is 2.40. The molecule has 1 saturated carbocycles. The summed E-state index contributed by atoms with van der Waals surface area (Å²) >= 11 is 1.78. The fourth-order valence-corrected chi connectivity index (χ4v) is 5.45. The van der Waals surface area contributed by atoms with Gasteiger partial charge in [-0.15, -0.1) is 0 Å². The van der Waals surface area contributed by atoms with Crippen molar-refractivity contribution in [2.75, 3.05) is 5.32 Å². The number of hydrogen-bond donors (Lipinski definition) is 3. The van der Waals surface area contributed by atoms with Gasteiger partial charge in [-0.1, -0.05) is 51.3 Å². The lowest BCUT2D eigenvalue weighted by molar-refractivity contribution is 0.249. The Morgan fingerprint density at radius 1 is 1.24 bits per heavy atom. The van der Waals surface area contributed by atoms with E-state index in [4.69, 9.17) is 0 Å². The molecule has 4 heteroatoms. The summed E-state index contributed by atoms with van der Waals surface area (Å²) in [5.74, 6) is 2.19. The molecule has 1 aliphatic heterocycles. The number of phenolic OH excluding ortho intramolecular Hbond substituents is 1. The van der Waals surface area contributed by atoms with Gasteiger partial charge >= 0.3 is 0 Å². The van der Waals surface area contributed by atoms with Gasteiger partial charge in [0, 0.05) is 10.9 Å². The summed E-state index contributed by atoms with van der Waals surface area (Å²) in [6, 6.07) is 6.20. The molecule has 3 rings (SSSR count). The first-order valence-electron chi connectivity index (χ1n) is 10.2. The van der Waals surface area contributed by atoms with Gasteiger partial charge in [-0.25, -0.2) is 0 Å². The Balaban J connectivity index is 1.36. The lowest BCUT2D eigenvalue weighted by Crippen LogP contribution is -2.41. The Bertz CT molecular complexity index is 543. The van der Waals surface area contributed by atoms with Crippen LogP contribution in [0, 0.1) is 11.8 Å². The van der Waals surface area contributed by atoms with E-state index in [9.17, 15) is 5.11 Å². The normalized spacial score (nSPS) is 26.9. The smallest absolute Gasteiger partial charge is 0.130 e. The van der Waals surface area contributed by atoms with Gasteiger partial charge in [-0.3, -0.25) is 5.32 Å². The van der Waals surface area contributed by atoms with Crippen molar-refractivity contribution in [3.63, 3.8) is 0 Å². The number of aromatic hydroxyl groups is 1. The molecule has 3 nitrogen and oxygen atoms in total. The van der Waals surface area contributed by atoms with Crippen molar-refractivity contribution >= 4 is 17.4 Å². The standard InChI is InChI=1S/C21H34N2OS/c1-3-4-5-6-15(2)13-16-7-9-17(10-8-16)22-21-23-19-12-11-18(24)14-20(19)25-21/h11-12,14-17,21-24H,3-10,13H2,1-2H3. The predicted octanol–water partition coefficient (Wildman–Crippen LogP) is 5.95. The van der Waals surface area contributed by atoms with Gasteiger partial charge in [0.15, 0.2) is 0 Å². The van der Waals surface area contributed by atoms with Gasteiger partial charge < -0.3 is 10.4 Å². The fourth-order valence-electron chi connectivity index (χ4n) is 4.31. The zero-order valence-electron chi connectivity index (χ0n) is 15.8. The van der Waals surface area contributed by atoms with Crippen molar-refractivity contribution in [1.29, 1.82) is 0 Å². The molecule has 0 saturated heterocycles. The molecule has 140 valence electrons. The molecular formula is C21H34N2OS. The number of rotatable bonds is 8. The number of nitrogens with one attached hydrogen (secondary N) is 2. The molecule has 0 bridgehead atoms. The van der Waals surface area contributed by atoms with E-state index in [0.29, 0.717) is 11.8 Å². The average Bonchev–Trinajstić information content (AvgIpc) is 2.98. The zero-order chi connectivity index (χ0) is 17.6. The number of benzene rings is 1. The highest BCUT2D eigenvalue weighted by Gasteiger charge is 2.27. The van der Waals surface area contributed by atoms with E-state index in [1.54, 1.807) is 17.8 Å². The van der Waals surface area contributed by atoms with E-state index in [-0.39, 0.29) is 5.50 Å². The largest absolute Gasteiger partial charge is 0.508 e. The van der Waals surface area contributed by atoms with Crippen LogP contribution in [0.15, 0.2) is 23.1 Å². The summed E-state index contributed by atoms with van der Waals surface area (Å²) < 4.78 is 0. The third kappa shape index (κ3) is 5.55. The van der Waals surface area contributed by atoms with Crippen LogP contribution in [0.5, 0.6) is 5.75 Å². The molecule has 2 unspecified atom stereocenters. The van der Waals surface area contributed by atoms with Crippen LogP contribution < -0.4 is 10.6 Å². The van der Waals surface area contributed by atoms with Crippen LogP contribution in [-0.4, -0.2) is 16.6 Å². The number of phenols is 1. The first kappa shape index (κ1) is 18.9. The highest BCUT2D eigenvalue weighted by atomic mass is 32.2. The molecule has 1 aliphatic carbocycles. The lowest BCUT2D eigenvalue weighted by Gasteiger charge is -2.32.